The van der Waals surface area contributed by atoms with Crippen molar-refractivity contribution in [3.8, 4) is 17.0 Å². The molecule has 1 aliphatic heterocycles. The largest absolute Gasteiger partial charge is 0.496 e. The average molecular weight is 298 g/mol. The Hall–Kier alpha value is -2.14. The molecule has 0 radical (unpaired) electrons. The van der Waals surface area contributed by atoms with Crippen LogP contribution in [-0.2, 0) is 0 Å². The van der Waals surface area contributed by atoms with Crippen molar-refractivity contribution in [3.63, 3.8) is 0 Å². The minimum absolute atomic E-state index is 0.532. The molecule has 5 heteroatoms. The molecule has 0 saturated carbocycles. The fraction of sp³-hybridized carbons (Fsp3) is 0.412. The highest BCUT2D eigenvalue weighted by atomic mass is 16.5. The quantitative estimate of drug-likeness (QED) is 0.869. The molecule has 3 rings (SSSR count). The van der Waals surface area contributed by atoms with Crippen LogP contribution in [0.3, 0.4) is 0 Å². The van der Waals surface area contributed by atoms with E-state index in [1.807, 2.05) is 36.4 Å². The minimum atomic E-state index is 0.532. The van der Waals surface area contributed by atoms with Crippen LogP contribution in [0.25, 0.3) is 11.3 Å². The average Bonchev–Trinajstić information content (AvgIpc) is 2.57. The van der Waals surface area contributed by atoms with Crippen molar-refractivity contribution < 1.29 is 4.74 Å². The number of ether oxygens (including phenoxy) is 1. The maximum absolute atomic E-state index is 5.39. The van der Waals surface area contributed by atoms with Crippen molar-refractivity contribution in [2.45, 2.75) is 13.0 Å². The van der Waals surface area contributed by atoms with Crippen LogP contribution in [0.4, 0.5) is 5.82 Å². The van der Waals surface area contributed by atoms with Crippen LogP contribution in [-0.4, -0.2) is 54.9 Å². The molecule has 1 aromatic carbocycles. The number of benzene rings is 1. The smallest absolute Gasteiger partial charge is 0.151 e. The lowest BCUT2D eigenvalue weighted by molar-refractivity contribution is 0.233. The van der Waals surface area contributed by atoms with Crippen LogP contribution in [0.15, 0.2) is 36.4 Å². The lowest BCUT2D eigenvalue weighted by atomic mass is 10.1. The molecule has 1 aromatic heterocycles. The summed E-state index contributed by atoms with van der Waals surface area (Å²) in [4.78, 5) is 4.66. The molecular weight excluding hydrogens is 276 g/mol. The second-order valence-electron chi connectivity index (χ2n) is 5.75. The van der Waals surface area contributed by atoms with E-state index in [4.69, 9.17) is 4.74 Å². The van der Waals surface area contributed by atoms with E-state index in [2.05, 4.69) is 34.0 Å². The zero-order valence-corrected chi connectivity index (χ0v) is 13.4. The molecule has 1 aliphatic rings. The van der Waals surface area contributed by atoms with Gasteiger partial charge in [-0.05, 0) is 38.2 Å². The highest BCUT2D eigenvalue weighted by molar-refractivity contribution is 5.67. The van der Waals surface area contributed by atoms with E-state index in [-0.39, 0.29) is 0 Å². The Morgan fingerprint density at radius 2 is 1.91 bits per heavy atom. The third-order valence-electron chi connectivity index (χ3n) is 4.32. The van der Waals surface area contributed by atoms with E-state index in [0.29, 0.717) is 6.04 Å². The van der Waals surface area contributed by atoms with Gasteiger partial charge < -0.3 is 14.5 Å². The number of nitrogens with zero attached hydrogens (tertiary/aromatic N) is 4. The molecule has 5 nitrogen and oxygen atoms in total. The molecule has 1 unspecified atom stereocenters. The molecule has 0 bridgehead atoms. The fourth-order valence-electron chi connectivity index (χ4n) is 2.75. The number of aromatic nitrogens is 2. The van der Waals surface area contributed by atoms with Gasteiger partial charge in [0.2, 0.25) is 0 Å². The van der Waals surface area contributed by atoms with E-state index < -0.39 is 0 Å². The number of rotatable bonds is 3. The molecule has 2 aromatic rings. The zero-order chi connectivity index (χ0) is 15.5. The van der Waals surface area contributed by atoms with Crippen molar-refractivity contribution >= 4 is 5.82 Å². The van der Waals surface area contributed by atoms with E-state index in [1.165, 1.54) is 0 Å². The van der Waals surface area contributed by atoms with Gasteiger partial charge in [0, 0.05) is 31.2 Å². The van der Waals surface area contributed by atoms with Crippen molar-refractivity contribution in [2.75, 3.05) is 38.7 Å². The summed E-state index contributed by atoms with van der Waals surface area (Å²) < 4.78 is 5.39. The van der Waals surface area contributed by atoms with Crippen molar-refractivity contribution in [3.05, 3.63) is 36.4 Å². The molecule has 1 fully saturated rings. The van der Waals surface area contributed by atoms with Gasteiger partial charge in [-0.2, -0.15) is 0 Å². The van der Waals surface area contributed by atoms with Crippen LogP contribution in [0, 0.1) is 0 Å². The van der Waals surface area contributed by atoms with E-state index in [0.717, 1.165) is 42.5 Å². The lowest BCUT2D eigenvalue weighted by Crippen LogP contribution is -2.50. The summed E-state index contributed by atoms with van der Waals surface area (Å²) in [5.41, 5.74) is 1.80. The predicted molar refractivity (Wildman–Crippen MR) is 88.3 cm³/mol. The first-order valence-electron chi connectivity index (χ1n) is 7.61. The number of piperazine rings is 1. The maximum Gasteiger partial charge on any atom is 0.151 e. The van der Waals surface area contributed by atoms with Gasteiger partial charge in [-0.1, -0.05) is 12.1 Å². The highest BCUT2D eigenvalue weighted by Gasteiger charge is 2.21. The van der Waals surface area contributed by atoms with Crippen LogP contribution in [0.5, 0.6) is 5.75 Å². The molecular formula is C17H22N4O. The number of anilines is 1. The number of methoxy groups -OCH3 is 1. The standard InChI is InChI=1S/C17H22N4O/c1-13-12-21(11-10-20(13)2)17-9-8-15(18-19-17)14-6-4-5-7-16(14)22-3/h4-9,13H,10-12H2,1-3H3. The Bertz CT molecular complexity index is 629. The van der Waals surface area contributed by atoms with E-state index in [9.17, 15) is 0 Å². The van der Waals surface area contributed by atoms with E-state index in [1.54, 1.807) is 7.11 Å². The molecule has 0 spiro atoms. The third-order valence-corrected chi connectivity index (χ3v) is 4.32. The number of likely N-dealkylation sites (N-methyl/N-ethyl adjacent to an activating group) is 1. The summed E-state index contributed by atoms with van der Waals surface area (Å²) >= 11 is 0. The molecule has 2 heterocycles. The second kappa shape index (κ2) is 6.32. The Morgan fingerprint density at radius 3 is 2.59 bits per heavy atom. The molecule has 22 heavy (non-hydrogen) atoms. The summed E-state index contributed by atoms with van der Waals surface area (Å²) in [5.74, 6) is 1.76. The third kappa shape index (κ3) is 2.90. The monoisotopic (exact) mass is 298 g/mol. The van der Waals surface area contributed by atoms with Crippen molar-refractivity contribution in [1.82, 2.24) is 15.1 Å². The maximum atomic E-state index is 5.39. The van der Waals surface area contributed by atoms with Gasteiger partial charge in [-0.25, -0.2) is 0 Å². The number of hydrogen-bond acceptors (Lipinski definition) is 5. The summed E-state index contributed by atoms with van der Waals surface area (Å²) in [6, 6.07) is 12.5. The van der Waals surface area contributed by atoms with Crippen LogP contribution < -0.4 is 9.64 Å². The van der Waals surface area contributed by atoms with Gasteiger partial charge in [0.25, 0.3) is 0 Å². The molecule has 0 aliphatic carbocycles. The summed E-state index contributed by atoms with van der Waals surface area (Å²) in [6.45, 7) is 5.27. The SMILES string of the molecule is COc1ccccc1-c1ccc(N2CCN(C)C(C)C2)nn1. The first-order chi connectivity index (χ1) is 10.7. The molecule has 0 amide bonds. The molecule has 1 saturated heterocycles. The Morgan fingerprint density at radius 1 is 1.09 bits per heavy atom. The normalized spacial score (nSPS) is 19.2. The molecule has 0 N–H and O–H groups in total. The predicted octanol–water partition coefficient (Wildman–Crippen LogP) is 2.29. The number of hydrogen-bond donors (Lipinski definition) is 0. The van der Waals surface area contributed by atoms with Gasteiger partial charge in [0.05, 0.1) is 12.8 Å². The summed E-state index contributed by atoms with van der Waals surface area (Å²) in [6.07, 6.45) is 0. The first kappa shape index (κ1) is 14.8. The van der Waals surface area contributed by atoms with Gasteiger partial charge in [0.1, 0.15) is 5.75 Å². The molecule has 1 atom stereocenters. The lowest BCUT2D eigenvalue weighted by Gasteiger charge is -2.38. The zero-order valence-electron chi connectivity index (χ0n) is 13.4. The van der Waals surface area contributed by atoms with Crippen molar-refractivity contribution in [2.24, 2.45) is 0 Å². The van der Waals surface area contributed by atoms with Crippen LogP contribution >= 0.6 is 0 Å². The summed E-state index contributed by atoms with van der Waals surface area (Å²) in [5, 5.41) is 8.81. The van der Waals surface area contributed by atoms with Gasteiger partial charge in [-0.3, -0.25) is 0 Å². The summed E-state index contributed by atoms with van der Waals surface area (Å²) in [7, 11) is 3.84. The Kier molecular flexibility index (Phi) is 4.24. The number of para-hydroxylation sites is 1. The van der Waals surface area contributed by atoms with E-state index >= 15 is 0 Å². The second-order valence-corrected chi connectivity index (χ2v) is 5.75. The van der Waals surface area contributed by atoms with Gasteiger partial charge >= 0.3 is 0 Å². The van der Waals surface area contributed by atoms with Crippen LogP contribution in [0.2, 0.25) is 0 Å². The fourth-order valence-corrected chi connectivity index (χ4v) is 2.75. The van der Waals surface area contributed by atoms with Gasteiger partial charge in [-0.15, -0.1) is 10.2 Å². The first-order valence-corrected chi connectivity index (χ1v) is 7.61. The van der Waals surface area contributed by atoms with Crippen LogP contribution in [0.1, 0.15) is 6.92 Å². The van der Waals surface area contributed by atoms with Gasteiger partial charge in [0.15, 0.2) is 5.82 Å². The topological polar surface area (TPSA) is 41.5 Å². The minimum Gasteiger partial charge on any atom is -0.496 e. The molecule has 116 valence electrons. The van der Waals surface area contributed by atoms with Crippen molar-refractivity contribution in [1.29, 1.82) is 0 Å². The Balaban J connectivity index is 1.81. The highest BCUT2D eigenvalue weighted by Crippen LogP contribution is 2.28. The Labute approximate surface area is 131 Å².